The zero-order valence-corrected chi connectivity index (χ0v) is 9.61. The Kier molecular flexibility index (Phi) is 3.15. The summed E-state index contributed by atoms with van der Waals surface area (Å²) in [7, 11) is 0. The third-order valence-corrected chi connectivity index (χ3v) is 2.11. The summed E-state index contributed by atoms with van der Waals surface area (Å²) in [4.78, 5) is 11.7. The van der Waals surface area contributed by atoms with Gasteiger partial charge in [-0.05, 0) is 19.1 Å². The van der Waals surface area contributed by atoms with Crippen LogP contribution in [-0.2, 0) is 4.79 Å². The Labute approximate surface area is 90.3 Å². The molecule has 0 aliphatic rings. The number of hydrogen-bond acceptors (Lipinski definition) is 2. The molecule has 82 valence electrons. The van der Waals surface area contributed by atoms with Crippen molar-refractivity contribution < 1.29 is 10.0 Å². The van der Waals surface area contributed by atoms with Crippen molar-refractivity contribution in [2.75, 3.05) is 5.06 Å². The number of anilines is 1. The van der Waals surface area contributed by atoms with Crippen molar-refractivity contribution in [2.24, 2.45) is 5.41 Å². The molecule has 15 heavy (non-hydrogen) atoms. The third-order valence-electron chi connectivity index (χ3n) is 2.11. The molecule has 0 radical (unpaired) electrons. The van der Waals surface area contributed by atoms with Gasteiger partial charge in [-0.15, -0.1) is 0 Å². The van der Waals surface area contributed by atoms with E-state index in [-0.39, 0.29) is 5.91 Å². The van der Waals surface area contributed by atoms with E-state index in [0.29, 0.717) is 10.8 Å². The minimum absolute atomic E-state index is 0.314. The molecule has 0 saturated heterocycles. The summed E-state index contributed by atoms with van der Waals surface area (Å²) >= 11 is 0. The van der Waals surface area contributed by atoms with Gasteiger partial charge in [-0.3, -0.25) is 10.0 Å². The van der Waals surface area contributed by atoms with Crippen molar-refractivity contribution in [3.63, 3.8) is 0 Å². The monoisotopic (exact) mass is 207 g/mol. The molecule has 1 amide bonds. The summed E-state index contributed by atoms with van der Waals surface area (Å²) in [5, 5.41) is 10.4. The minimum atomic E-state index is -0.584. The molecule has 1 aromatic carbocycles. The highest BCUT2D eigenvalue weighted by Crippen LogP contribution is 2.21. The fourth-order valence-electron chi connectivity index (χ4n) is 1.12. The zero-order chi connectivity index (χ0) is 11.6. The lowest BCUT2D eigenvalue weighted by Crippen LogP contribution is -2.37. The number of rotatable bonds is 1. The number of carbonyl (C=O) groups is 1. The Morgan fingerprint density at radius 2 is 1.67 bits per heavy atom. The van der Waals surface area contributed by atoms with Gasteiger partial charge in [0.25, 0.3) is 5.91 Å². The third kappa shape index (κ3) is 2.80. The summed E-state index contributed by atoms with van der Waals surface area (Å²) in [5.41, 5.74) is 1.01. The normalized spacial score (nSPS) is 11.3. The molecule has 0 heterocycles. The van der Waals surface area contributed by atoms with E-state index in [1.165, 1.54) is 0 Å². The number of nitrogens with zero attached hydrogens (tertiary/aromatic N) is 1. The molecule has 0 aliphatic carbocycles. The molecular weight excluding hydrogens is 190 g/mol. The van der Waals surface area contributed by atoms with E-state index in [4.69, 9.17) is 0 Å². The Morgan fingerprint density at radius 1 is 1.20 bits per heavy atom. The molecule has 0 spiro atoms. The molecule has 0 atom stereocenters. The van der Waals surface area contributed by atoms with Crippen molar-refractivity contribution >= 4 is 11.6 Å². The van der Waals surface area contributed by atoms with Crippen LogP contribution in [0.25, 0.3) is 0 Å². The van der Waals surface area contributed by atoms with Crippen LogP contribution in [0.1, 0.15) is 26.3 Å². The van der Waals surface area contributed by atoms with Crippen molar-refractivity contribution in [1.82, 2.24) is 0 Å². The second-order valence-electron chi connectivity index (χ2n) is 4.70. The lowest BCUT2D eigenvalue weighted by molar-refractivity contribution is -0.131. The van der Waals surface area contributed by atoms with E-state index in [0.717, 1.165) is 5.56 Å². The molecule has 0 unspecified atom stereocenters. The van der Waals surface area contributed by atoms with Gasteiger partial charge in [0.05, 0.1) is 5.69 Å². The van der Waals surface area contributed by atoms with Crippen molar-refractivity contribution in [3.8, 4) is 0 Å². The van der Waals surface area contributed by atoms with Gasteiger partial charge in [-0.25, -0.2) is 0 Å². The molecule has 1 rings (SSSR count). The molecule has 1 N–H and O–H groups in total. The quantitative estimate of drug-likeness (QED) is 0.568. The van der Waals surface area contributed by atoms with Gasteiger partial charge < -0.3 is 0 Å². The van der Waals surface area contributed by atoms with Crippen molar-refractivity contribution in [2.45, 2.75) is 27.7 Å². The first-order valence-electron chi connectivity index (χ1n) is 4.92. The lowest BCUT2D eigenvalue weighted by atomic mass is 9.95. The van der Waals surface area contributed by atoms with Crippen LogP contribution in [0, 0.1) is 12.3 Å². The van der Waals surface area contributed by atoms with E-state index in [9.17, 15) is 10.0 Å². The minimum Gasteiger partial charge on any atom is -0.281 e. The Hall–Kier alpha value is -1.35. The van der Waals surface area contributed by atoms with Crippen molar-refractivity contribution in [1.29, 1.82) is 0 Å². The molecule has 0 saturated carbocycles. The Bertz CT molecular complexity index is 349. The maximum Gasteiger partial charge on any atom is 0.256 e. The molecule has 3 nitrogen and oxygen atoms in total. The first kappa shape index (κ1) is 11.7. The van der Waals surface area contributed by atoms with Gasteiger partial charge in [0.1, 0.15) is 0 Å². The fraction of sp³-hybridized carbons (Fsp3) is 0.417. The highest BCUT2D eigenvalue weighted by atomic mass is 16.5. The maximum absolute atomic E-state index is 11.7. The molecule has 0 bridgehead atoms. The van der Waals surface area contributed by atoms with Crippen LogP contribution in [0.2, 0.25) is 0 Å². The largest absolute Gasteiger partial charge is 0.281 e. The fourth-order valence-corrected chi connectivity index (χ4v) is 1.12. The van der Waals surface area contributed by atoms with Crippen LogP contribution in [0.5, 0.6) is 0 Å². The summed E-state index contributed by atoms with van der Waals surface area (Å²) in [6.07, 6.45) is 0. The topological polar surface area (TPSA) is 40.5 Å². The second kappa shape index (κ2) is 4.03. The number of benzene rings is 1. The Balaban J connectivity index is 2.90. The molecule has 0 aromatic heterocycles. The van der Waals surface area contributed by atoms with Gasteiger partial charge in [0.15, 0.2) is 0 Å². The predicted octanol–water partition coefficient (Wildman–Crippen LogP) is 2.76. The summed E-state index contributed by atoms with van der Waals surface area (Å²) in [5.74, 6) is -0.314. The predicted molar refractivity (Wildman–Crippen MR) is 59.9 cm³/mol. The van der Waals surface area contributed by atoms with Gasteiger partial charge in [0.2, 0.25) is 0 Å². The SMILES string of the molecule is Cc1ccc(N(O)C(=O)C(C)(C)C)cc1. The number of hydroxylamine groups is 1. The van der Waals surface area contributed by atoms with Gasteiger partial charge in [0, 0.05) is 5.41 Å². The van der Waals surface area contributed by atoms with Crippen molar-refractivity contribution in [3.05, 3.63) is 29.8 Å². The highest BCUT2D eigenvalue weighted by Gasteiger charge is 2.27. The number of amides is 1. The van der Waals surface area contributed by atoms with Crippen LogP contribution < -0.4 is 5.06 Å². The molecular formula is C12H17NO2. The first-order chi connectivity index (χ1) is 6.82. The van der Waals surface area contributed by atoms with Crippen LogP contribution in [0.15, 0.2) is 24.3 Å². The van der Waals surface area contributed by atoms with E-state index in [1.54, 1.807) is 32.9 Å². The molecule has 0 fully saturated rings. The maximum atomic E-state index is 11.7. The smallest absolute Gasteiger partial charge is 0.256 e. The average Bonchev–Trinajstić information content (AvgIpc) is 2.15. The second-order valence-corrected chi connectivity index (χ2v) is 4.70. The van der Waals surface area contributed by atoms with Crippen LogP contribution >= 0.6 is 0 Å². The number of carbonyl (C=O) groups excluding carboxylic acids is 1. The van der Waals surface area contributed by atoms with Gasteiger partial charge in [-0.1, -0.05) is 38.5 Å². The van der Waals surface area contributed by atoms with E-state index < -0.39 is 5.41 Å². The van der Waals surface area contributed by atoms with Gasteiger partial charge >= 0.3 is 0 Å². The van der Waals surface area contributed by atoms with E-state index >= 15 is 0 Å². The first-order valence-corrected chi connectivity index (χ1v) is 4.92. The van der Waals surface area contributed by atoms with Crippen LogP contribution in [-0.4, -0.2) is 11.1 Å². The van der Waals surface area contributed by atoms with E-state index in [2.05, 4.69) is 0 Å². The Morgan fingerprint density at radius 3 is 2.07 bits per heavy atom. The van der Waals surface area contributed by atoms with E-state index in [1.807, 2.05) is 19.1 Å². The standard InChI is InChI=1S/C12H17NO2/c1-9-5-7-10(8-6-9)13(15)11(14)12(2,3)4/h5-8,15H,1-4H3. The van der Waals surface area contributed by atoms with Gasteiger partial charge in [-0.2, -0.15) is 5.06 Å². The summed E-state index contributed by atoms with van der Waals surface area (Å²) in [6, 6.07) is 7.15. The number of aryl methyl sites for hydroxylation is 1. The van der Waals surface area contributed by atoms with Crippen LogP contribution in [0.3, 0.4) is 0 Å². The molecule has 1 aromatic rings. The molecule has 3 heteroatoms. The van der Waals surface area contributed by atoms with Crippen LogP contribution in [0.4, 0.5) is 5.69 Å². The lowest BCUT2D eigenvalue weighted by Gasteiger charge is -2.23. The summed E-state index contributed by atoms with van der Waals surface area (Å²) < 4.78 is 0. The zero-order valence-electron chi connectivity index (χ0n) is 9.61. The average molecular weight is 207 g/mol. The highest BCUT2D eigenvalue weighted by molar-refractivity contribution is 5.94. The molecule has 0 aliphatic heterocycles. The number of hydrogen-bond donors (Lipinski definition) is 1. The summed E-state index contributed by atoms with van der Waals surface area (Å²) in [6.45, 7) is 7.27.